The molecule has 110 valence electrons. The number of nitrogens with one attached hydrogen (secondary N) is 2. The molecule has 0 radical (unpaired) electrons. The summed E-state index contributed by atoms with van der Waals surface area (Å²) >= 11 is 0. The van der Waals surface area contributed by atoms with E-state index in [4.69, 9.17) is 4.74 Å². The van der Waals surface area contributed by atoms with Crippen molar-refractivity contribution in [1.29, 1.82) is 0 Å². The zero-order valence-corrected chi connectivity index (χ0v) is 12.2. The molecular formula is C16H19N3O2. The Morgan fingerprint density at radius 2 is 1.95 bits per heavy atom. The number of ether oxygens (including phenoxy) is 1. The van der Waals surface area contributed by atoms with Gasteiger partial charge in [0.25, 0.3) is 5.91 Å². The normalized spacial score (nSPS) is 10.2. The Hall–Kier alpha value is -2.56. The van der Waals surface area contributed by atoms with Crippen LogP contribution in [0.4, 0.5) is 11.5 Å². The van der Waals surface area contributed by atoms with Crippen LogP contribution in [0, 0.1) is 0 Å². The predicted molar refractivity (Wildman–Crippen MR) is 83.6 cm³/mol. The second-order valence-corrected chi connectivity index (χ2v) is 4.88. The third-order valence-corrected chi connectivity index (χ3v) is 2.60. The Bertz CT molecular complexity index is 568. The molecule has 0 spiro atoms. The lowest BCUT2D eigenvalue weighted by Crippen LogP contribution is -2.20. The van der Waals surface area contributed by atoms with Gasteiger partial charge in [-0.1, -0.05) is 18.2 Å². The number of carbonyl (C=O) groups is 1. The summed E-state index contributed by atoms with van der Waals surface area (Å²) in [5.41, 5.74) is 0.644. The Balaban J connectivity index is 1.82. The lowest BCUT2D eigenvalue weighted by Gasteiger charge is -2.10. The highest BCUT2D eigenvalue weighted by molar-refractivity contribution is 5.91. The van der Waals surface area contributed by atoms with Gasteiger partial charge in [-0.15, -0.1) is 0 Å². The number of hydrogen-bond acceptors (Lipinski definition) is 4. The van der Waals surface area contributed by atoms with Gasteiger partial charge in [0.2, 0.25) is 0 Å². The summed E-state index contributed by atoms with van der Waals surface area (Å²) < 4.78 is 5.37. The van der Waals surface area contributed by atoms with Crippen LogP contribution in [-0.4, -0.2) is 23.5 Å². The van der Waals surface area contributed by atoms with E-state index in [1.54, 1.807) is 24.4 Å². The van der Waals surface area contributed by atoms with Crippen LogP contribution in [0.1, 0.15) is 13.8 Å². The van der Waals surface area contributed by atoms with E-state index in [0.29, 0.717) is 17.5 Å². The first-order valence-corrected chi connectivity index (χ1v) is 6.84. The predicted octanol–water partition coefficient (Wildman–Crippen LogP) is 2.92. The van der Waals surface area contributed by atoms with Crippen molar-refractivity contribution in [3.63, 3.8) is 0 Å². The number of amides is 1. The second kappa shape index (κ2) is 7.28. The van der Waals surface area contributed by atoms with E-state index in [2.05, 4.69) is 15.6 Å². The molecule has 0 atom stereocenters. The highest BCUT2D eigenvalue weighted by Crippen LogP contribution is 2.11. The molecule has 0 aliphatic rings. The van der Waals surface area contributed by atoms with E-state index < -0.39 is 0 Å². The van der Waals surface area contributed by atoms with Gasteiger partial charge < -0.3 is 15.4 Å². The Morgan fingerprint density at radius 1 is 1.19 bits per heavy atom. The minimum Gasteiger partial charge on any atom is -0.484 e. The van der Waals surface area contributed by atoms with Crippen molar-refractivity contribution < 1.29 is 9.53 Å². The maximum atomic E-state index is 11.8. The van der Waals surface area contributed by atoms with Crippen molar-refractivity contribution in [2.45, 2.75) is 19.9 Å². The number of nitrogens with zero attached hydrogens (tertiary/aromatic N) is 1. The summed E-state index contributed by atoms with van der Waals surface area (Å²) in [7, 11) is 0. The van der Waals surface area contributed by atoms with E-state index in [1.165, 1.54) is 0 Å². The first-order chi connectivity index (χ1) is 10.1. The third kappa shape index (κ3) is 5.14. The van der Waals surface area contributed by atoms with Crippen molar-refractivity contribution in [2.75, 3.05) is 17.2 Å². The van der Waals surface area contributed by atoms with E-state index in [9.17, 15) is 4.79 Å². The molecule has 5 heteroatoms. The number of carbonyl (C=O) groups excluding carboxylic acids is 1. The molecule has 21 heavy (non-hydrogen) atoms. The minimum atomic E-state index is -0.217. The topological polar surface area (TPSA) is 63.2 Å². The summed E-state index contributed by atoms with van der Waals surface area (Å²) in [4.78, 5) is 16.0. The number of hydrogen-bond donors (Lipinski definition) is 2. The molecule has 2 rings (SSSR count). The van der Waals surface area contributed by atoms with E-state index >= 15 is 0 Å². The number of benzene rings is 1. The maximum absolute atomic E-state index is 11.8. The van der Waals surface area contributed by atoms with Gasteiger partial charge in [0.05, 0.1) is 11.9 Å². The molecule has 2 N–H and O–H groups in total. The lowest BCUT2D eigenvalue weighted by atomic mass is 10.3. The molecule has 1 heterocycles. The van der Waals surface area contributed by atoms with Gasteiger partial charge in [-0.2, -0.15) is 0 Å². The first-order valence-electron chi connectivity index (χ1n) is 6.84. The third-order valence-electron chi connectivity index (χ3n) is 2.60. The second-order valence-electron chi connectivity index (χ2n) is 4.88. The molecule has 0 fully saturated rings. The molecule has 0 saturated heterocycles. The van der Waals surface area contributed by atoms with E-state index in [-0.39, 0.29) is 12.5 Å². The summed E-state index contributed by atoms with van der Waals surface area (Å²) in [6.45, 7) is 4.05. The number of aromatic nitrogens is 1. The fourth-order valence-electron chi connectivity index (χ4n) is 1.71. The highest BCUT2D eigenvalue weighted by Gasteiger charge is 2.04. The van der Waals surface area contributed by atoms with Crippen LogP contribution in [0.3, 0.4) is 0 Å². The highest BCUT2D eigenvalue weighted by atomic mass is 16.5. The molecule has 0 bridgehead atoms. The average Bonchev–Trinajstić information content (AvgIpc) is 2.48. The molecule has 2 aromatic rings. The summed E-state index contributed by atoms with van der Waals surface area (Å²) in [6, 6.07) is 13.2. The van der Waals surface area contributed by atoms with Crippen molar-refractivity contribution in [2.24, 2.45) is 0 Å². The molecule has 0 aliphatic heterocycles. The van der Waals surface area contributed by atoms with Crippen molar-refractivity contribution >= 4 is 17.4 Å². The summed E-state index contributed by atoms with van der Waals surface area (Å²) in [5, 5.41) is 5.92. The molecule has 1 aromatic carbocycles. The van der Waals surface area contributed by atoms with Crippen molar-refractivity contribution in [3.05, 3.63) is 48.7 Å². The monoisotopic (exact) mass is 285 g/mol. The SMILES string of the molecule is CC(C)Nc1ccc(NC(=O)COc2ccccc2)cn1. The molecule has 1 aromatic heterocycles. The molecule has 1 amide bonds. The number of anilines is 2. The van der Waals surface area contributed by atoms with Crippen LogP contribution in [0.2, 0.25) is 0 Å². The van der Waals surface area contributed by atoms with Gasteiger partial charge in [-0.05, 0) is 38.1 Å². The molecule has 0 saturated carbocycles. The van der Waals surface area contributed by atoms with Gasteiger partial charge in [-0.3, -0.25) is 4.79 Å². The Morgan fingerprint density at radius 3 is 2.57 bits per heavy atom. The maximum Gasteiger partial charge on any atom is 0.262 e. The van der Waals surface area contributed by atoms with E-state index in [0.717, 1.165) is 5.82 Å². The molecule has 0 aliphatic carbocycles. The quantitative estimate of drug-likeness (QED) is 0.856. The average molecular weight is 285 g/mol. The standard InChI is InChI=1S/C16H19N3O2/c1-12(2)18-15-9-8-13(10-17-15)19-16(20)11-21-14-6-4-3-5-7-14/h3-10,12H,11H2,1-2H3,(H,17,18)(H,19,20). The van der Waals surface area contributed by atoms with Gasteiger partial charge in [-0.25, -0.2) is 4.98 Å². The molecule has 5 nitrogen and oxygen atoms in total. The minimum absolute atomic E-state index is 0.0317. The largest absolute Gasteiger partial charge is 0.484 e. The van der Waals surface area contributed by atoms with Crippen LogP contribution in [0.25, 0.3) is 0 Å². The number of pyridine rings is 1. The molecule has 0 unspecified atom stereocenters. The fourth-order valence-corrected chi connectivity index (χ4v) is 1.71. The van der Waals surface area contributed by atoms with Gasteiger partial charge in [0.15, 0.2) is 6.61 Å². The lowest BCUT2D eigenvalue weighted by molar-refractivity contribution is -0.118. The van der Waals surface area contributed by atoms with Crippen LogP contribution in [0.5, 0.6) is 5.75 Å². The van der Waals surface area contributed by atoms with E-state index in [1.807, 2.05) is 38.1 Å². The number of rotatable bonds is 6. The van der Waals surface area contributed by atoms with Crippen LogP contribution in [-0.2, 0) is 4.79 Å². The summed E-state index contributed by atoms with van der Waals surface area (Å²) in [5.74, 6) is 1.23. The van der Waals surface area contributed by atoms with Crippen LogP contribution in [0.15, 0.2) is 48.7 Å². The smallest absolute Gasteiger partial charge is 0.262 e. The van der Waals surface area contributed by atoms with Gasteiger partial charge in [0.1, 0.15) is 11.6 Å². The Labute approximate surface area is 124 Å². The van der Waals surface area contributed by atoms with Gasteiger partial charge >= 0.3 is 0 Å². The van der Waals surface area contributed by atoms with Gasteiger partial charge in [0, 0.05) is 6.04 Å². The number of para-hydroxylation sites is 1. The van der Waals surface area contributed by atoms with Crippen LogP contribution >= 0.6 is 0 Å². The van der Waals surface area contributed by atoms with Crippen LogP contribution < -0.4 is 15.4 Å². The fraction of sp³-hybridized carbons (Fsp3) is 0.250. The van der Waals surface area contributed by atoms with Crippen molar-refractivity contribution in [3.8, 4) is 5.75 Å². The Kier molecular flexibility index (Phi) is 5.15. The zero-order valence-electron chi connectivity index (χ0n) is 12.2. The summed E-state index contributed by atoms with van der Waals surface area (Å²) in [6.07, 6.45) is 1.62. The molecular weight excluding hydrogens is 266 g/mol. The first kappa shape index (κ1) is 14.8. The zero-order chi connectivity index (χ0) is 15.1. The van der Waals surface area contributed by atoms with Crippen molar-refractivity contribution in [1.82, 2.24) is 4.98 Å².